The highest BCUT2D eigenvalue weighted by atomic mass is 16.4. The maximum Gasteiger partial charge on any atom is 0.395 e. The number of carbonyl (C=O) groups is 2. The van der Waals surface area contributed by atoms with Crippen LogP contribution in [0.4, 0.5) is 5.69 Å². The quantitative estimate of drug-likeness (QED) is 0.693. The Kier molecular flexibility index (Phi) is 4.37. The fraction of sp³-hybridized carbons (Fsp3) is 0.0588. The van der Waals surface area contributed by atoms with Crippen molar-refractivity contribution in [1.82, 2.24) is 0 Å². The van der Waals surface area contributed by atoms with E-state index in [0.717, 1.165) is 16.0 Å². The van der Waals surface area contributed by atoms with Gasteiger partial charge < -0.3 is 5.11 Å². The van der Waals surface area contributed by atoms with Crippen molar-refractivity contribution in [2.75, 3.05) is 11.4 Å². The molecular weight excluding hydrogens is 266 g/mol. The highest BCUT2D eigenvalue weighted by molar-refractivity contribution is 6.37. The third-order valence-electron chi connectivity index (χ3n) is 2.96. The summed E-state index contributed by atoms with van der Waals surface area (Å²) in [6.45, 7) is -0.102. The van der Waals surface area contributed by atoms with Gasteiger partial charge in [0.15, 0.2) is 0 Å². The monoisotopic (exact) mass is 279 g/mol. The van der Waals surface area contributed by atoms with Gasteiger partial charge >= 0.3 is 11.9 Å². The molecule has 0 aromatic heterocycles. The molecule has 0 saturated carbocycles. The Bertz CT molecular complexity index is 701. The Labute approximate surface area is 122 Å². The molecule has 4 heteroatoms. The lowest BCUT2D eigenvalue weighted by Gasteiger charge is -2.21. The molecule has 0 bridgehead atoms. The lowest BCUT2D eigenvalue weighted by Crippen LogP contribution is -2.37. The number of carboxylic acid groups (broad SMARTS) is 1. The van der Waals surface area contributed by atoms with Crippen LogP contribution >= 0.6 is 0 Å². The zero-order valence-electron chi connectivity index (χ0n) is 11.2. The number of anilines is 1. The van der Waals surface area contributed by atoms with E-state index in [0.29, 0.717) is 5.69 Å². The van der Waals surface area contributed by atoms with Crippen LogP contribution in [0, 0.1) is 12.3 Å². The number of hydrogen-bond acceptors (Lipinski definition) is 2. The number of terminal acetylenes is 1. The van der Waals surface area contributed by atoms with Crippen molar-refractivity contribution < 1.29 is 14.7 Å². The average molecular weight is 279 g/mol. The normalized spacial score (nSPS) is 9.67. The zero-order chi connectivity index (χ0) is 15.2. The summed E-state index contributed by atoms with van der Waals surface area (Å²) in [6.07, 6.45) is 5.26. The standard InChI is InChI=1S/C17H13NO3/c1-2-12-18(16(19)17(20)21)15-11-7-6-10-14(15)13-8-4-3-5-9-13/h1,3-11H,12H2,(H,20,21). The Morgan fingerprint density at radius 3 is 2.29 bits per heavy atom. The van der Waals surface area contributed by atoms with Gasteiger partial charge in [-0.1, -0.05) is 54.5 Å². The van der Waals surface area contributed by atoms with Crippen LogP contribution in [0.1, 0.15) is 0 Å². The van der Waals surface area contributed by atoms with Crippen LogP contribution in [0.2, 0.25) is 0 Å². The molecule has 2 rings (SSSR count). The molecule has 0 heterocycles. The van der Waals surface area contributed by atoms with Crippen LogP contribution in [0.5, 0.6) is 0 Å². The lowest BCUT2D eigenvalue weighted by atomic mass is 10.0. The molecule has 2 aromatic carbocycles. The van der Waals surface area contributed by atoms with Gasteiger partial charge in [-0.25, -0.2) is 4.79 Å². The summed E-state index contributed by atoms with van der Waals surface area (Å²) < 4.78 is 0. The van der Waals surface area contributed by atoms with Gasteiger partial charge in [-0.05, 0) is 11.6 Å². The van der Waals surface area contributed by atoms with E-state index in [1.54, 1.807) is 12.1 Å². The van der Waals surface area contributed by atoms with Gasteiger partial charge in [0.05, 0.1) is 12.2 Å². The molecule has 0 spiro atoms. The molecule has 0 fully saturated rings. The first-order chi connectivity index (χ1) is 10.1. The molecule has 4 nitrogen and oxygen atoms in total. The first-order valence-corrected chi connectivity index (χ1v) is 6.28. The molecule has 1 amide bonds. The molecular formula is C17H13NO3. The predicted molar refractivity (Wildman–Crippen MR) is 80.7 cm³/mol. The van der Waals surface area contributed by atoms with E-state index in [9.17, 15) is 9.59 Å². The van der Waals surface area contributed by atoms with Crippen LogP contribution < -0.4 is 4.90 Å². The molecule has 21 heavy (non-hydrogen) atoms. The van der Waals surface area contributed by atoms with Crippen LogP contribution in [-0.4, -0.2) is 23.5 Å². The SMILES string of the molecule is C#CCN(C(=O)C(=O)O)c1ccccc1-c1ccccc1. The van der Waals surface area contributed by atoms with Crippen LogP contribution in [0.15, 0.2) is 54.6 Å². The van der Waals surface area contributed by atoms with Crippen molar-refractivity contribution in [3.05, 3.63) is 54.6 Å². The third kappa shape index (κ3) is 3.10. The van der Waals surface area contributed by atoms with E-state index in [4.69, 9.17) is 11.5 Å². The van der Waals surface area contributed by atoms with Crippen molar-refractivity contribution in [2.24, 2.45) is 0 Å². The number of hydrogen-bond donors (Lipinski definition) is 1. The second-order valence-corrected chi connectivity index (χ2v) is 4.28. The summed E-state index contributed by atoms with van der Waals surface area (Å²) >= 11 is 0. The van der Waals surface area contributed by atoms with Crippen molar-refractivity contribution in [3.63, 3.8) is 0 Å². The molecule has 2 aromatic rings. The minimum atomic E-state index is -1.53. The van der Waals surface area contributed by atoms with Gasteiger partial charge in [-0.3, -0.25) is 9.69 Å². The number of carboxylic acids is 1. The third-order valence-corrected chi connectivity index (χ3v) is 2.96. The topological polar surface area (TPSA) is 57.6 Å². The van der Waals surface area contributed by atoms with Crippen LogP contribution in [0.3, 0.4) is 0 Å². The maximum absolute atomic E-state index is 11.8. The van der Waals surface area contributed by atoms with Gasteiger partial charge in [0.1, 0.15) is 0 Å². The minimum absolute atomic E-state index is 0.102. The number of para-hydroxylation sites is 1. The minimum Gasteiger partial charge on any atom is -0.474 e. The van der Waals surface area contributed by atoms with E-state index in [2.05, 4.69) is 5.92 Å². The average Bonchev–Trinajstić information content (AvgIpc) is 2.53. The molecule has 0 aliphatic heterocycles. The molecule has 0 unspecified atom stereocenters. The number of aliphatic carboxylic acids is 1. The van der Waals surface area contributed by atoms with Gasteiger partial charge in [0, 0.05) is 5.56 Å². The molecule has 0 aliphatic rings. The van der Waals surface area contributed by atoms with Crippen molar-refractivity contribution in [2.45, 2.75) is 0 Å². The Hall–Kier alpha value is -3.06. The van der Waals surface area contributed by atoms with Gasteiger partial charge in [-0.15, -0.1) is 6.42 Å². The zero-order valence-corrected chi connectivity index (χ0v) is 11.2. The summed E-state index contributed by atoms with van der Waals surface area (Å²) in [5.41, 5.74) is 2.12. The molecule has 1 N–H and O–H groups in total. The summed E-state index contributed by atoms with van der Waals surface area (Å²) in [6, 6.07) is 16.5. The summed E-state index contributed by atoms with van der Waals surface area (Å²) in [7, 11) is 0. The first kappa shape index (κ1) is 14.4. The number of nitrogens with zero attached hydrogens (tertiary/aromatic N) is 1. The van der Waals surface area contributed by atoms with Crippen molar-refractivity contribution >= 4 is 17.6 Å². The second kappa shape index (κ2) is 6.40. The van der Waals surface area contributed by atoms with E-state index < -0.39 is 11.9 Å². The number of rotatable bonds is 3. The smallest absolute Gasteiger partial charge is 0.395 e. The summed E-state index contributed by atoms with van der Waals surface area (Å²) in [5.74, 6) is -0.257. The fourth-order valence-electron chi connectivity index (χ4n) is 2.04. The van der Waals surface area contributed by atoms with Crippen molar-refractivity contribution in [3.8, 4) is 23.5 Å². The fourth-order valence-corrected chi connectivity index (χ4v) is 2.04. The summed E-state index contributed by atoms with van der Waals surface area (Å²) in [5, 5.41) is 8.94. The van der Waals surface area contributed by atoms with E-state index in [-0.39, 0.29) is 6.54 Å². The van der Waals surface area contributed by atoms with Gasteiger partial charge in [-0.2, -0.15) is 0 Å². The maximum atomic E-state index is 11.8. The summed E-state index contributed by atoms with van der Waals surface area (Å²) in [4.78, 5) is 23.9. The van der Waals surface area contributed by atoms with E-state index in [1.807, 2.05) is 42.5 Å². The van der Waals surface area contributed by atoms with E-state index >= 15 is 0 Å². The Morgan fingerprint density at radius 2 is 1.67 bits per heavy atom. The Morgan fingerprint density at radius 1 is 1.05 bits per heavy atom. The lowest BCUT2D eigenvalue weighted by molar-refractivity contribution is -0.148. The van der Waals surface area contributed by atoms with Crippen molar-refractivity contribution in [1.29, 1.82) is 0 Å². The molecule has 0 atom stereocenters. The first-order valence-electron chi connectivity index (χ1n) is 6.28. The largest absolute Gasteiger partial charge is 0.474 e. The van der Waals surface area contributed by atoms with Crippen LogP contribution in [-0.2, 0) is 9.59 Å². The predicted octanol–water partition coefficient (Wildman–Crippen LogP) is 2.40. The van der Waals surface area contributed by atoms with Gasteiger partial charge in [0.25, 0.3) is 0 Å². The van der Waals surface area contributed by atoms with Crippen LogP contribution in [0.25, 0.3) is 11.1 Å². The highest BCUT2D eigenvalue weighted by Crippen LogP contribution is 2.30. The number of carbonyl (C=O) groups excluding carboxylic acids is 1. The molecule has 0 aliphatic carbocycles. The van der Waals surface area contributed by atoms with E-state index in [1.165, 1.54) is 0 Å². The second-order valence-electron chi connectivity index (χ2n) is 4.28. The Balaban J connectivity index is 2.55. The molecule has 0 saturated heterocycles. The molecule has 0 radical (unpaired) electrons. The number of amides is 1. The highest BCUT2D eigenvalue weighted by Gasteiger charge is 2.23. The molecule has 104 valence electrons. The van der Waals surface area contributed by atoms with Gasteiger partial charge in [0.2, 0.25) is 0 Å². The number of benzene rings is 2.